The zero-order chi connectivity index (χ0) is 20.7. The Kier molecular flexibility index (Phi) is 5.05. The number of benzene rings is 1. The number of carbonyl (C=O) groups is 2. The van der Waals surface area contributed by atoms with Crippen LogP contribution in [0.15, 0.2) is 24.3 Å². The molecule has 2 heterocycles. The Morgan fingerprint density at radius 3 is 2.40 bits per heavy atom. The van der Waals surface area contributed by atoms with Crippen molar-refractivity contribution in [2.45, 2.75) is 57.4 Å². The van der Waals surface area contributed by atoms with E-state index in [1.807, 2.05) is 9.58 Å². The van der Waals surface area contributed by atoms with Crippen LogP contribution in [-0.2, 0) is 17.6 Å². The van der Waals surface area contributed by atoms with Crippen LogP contribution in [0.1, 0.15) is 60.3 Å². The van der Waals surface area contributed by atoms with Crippen LogP contribution in [0.4, 0.5) is 4.39 Å². The molecular formula is C23H27FN4O2. The lowest BCUT2D eigenvalue weighted by molar-refractivity contribution is -0.123. The lowest BCUT2D eigenvalue weighted by atomic mass is 9.95. The predicted octanol–water partition coefficient (Wildman–Crippen LogP) is 3.02. The van der Waals surface area contributed by atoms with Gasteiger partial charge in [-0.05, 0) is 75.6 Å². The van der Waals surface area contributed by atoms with Crippen LogP contribution in [-0.4, -0.2) is 45.6 Å². The summed E-state index contributed by atoms with van der Waals surface area (Å²) in [4.78, 5) is 27.2. The summed E-state index contributed by atoms with van der Waals surface area (Å²) in [6.45, 7) is 1.26. The van der Waals surface area contributed by atoms with Crippen molar-refractivity contribution >= 4 is 11.8 Å². The number of aromatic nitrogens is 2. The molecule has 1 aromatic carbocycles. The second kappa shape index (κ2) is 7.85. The number of amides is 2. The molecule has 3 aliphatic rings. The monoisotopic (exact) mass is 410 g/mol. The average Bonchev–Trinajstić information content (AvgIpc) is 3.56. The summed E-state index contributed by atoms with van der Waals surface area (Å²) >= 11 is 0. The molecule has 5 rings (SSSR count). The van der Waals surface area contributed by atoms with Gasteiger partial charge in [0.2, 0.25) is 5.91 Å². The molecule has 30 heavy (non-hydrogen) atoms. The molecule has 0 atom stereocenters. The molecular weight excluding hydrogens is 383 g/mol. The highest BCUT2D eigenvalue weighted by atomic mass is 19.1. The zero-order valence-electron chi connectivity index (χ0n) is 17.1. The number of rotatable bonds is 4. The Labute approximate surface area is 175 Å². The van der Waals surface area contributed by atoms with Crippen LogP contribution < -0.4 is 5.32 Å². The molecule has 2 aromatic rings. The number of nitrogens with zero attached hydrogens (tertiary/aromatic N) is 3. The number of hydrogen-bond donors (Lipinski definition) is 1. The first-order valence-electron chi connectivity index (χ1n) is 11.1. The van der Waals surface area contributed by atoms with Gasteiger partial charge in [-0.2, -0.15) is 5.10 Å². The highest BCUT2D eigenvalue weighted by Gasteiger charge is 2.34. The molecule has 1 N–H and O–H groups in total. The fourth-order valence-corrected chi connectivity index (χ4v) is 4.61. The van der Waals surface area contributed by atoms with Crippen molar-refractivity contribution in [1.29, 1.82) is 0 Å². The minimum Gasteiger partial charge on any atom is -0.353 e. The van der Waals surface area contributed by atoms with E-state index in [1.165, 1.54) is 12.1 Å². The summed E-state index contributed by atoms with van der Waals surface area (Å²) in [7, 11) is 0. The Hall–Kier alpha value is -2.70. The van der Waals surface area contributed by atoms with Crippen LogP contribution in [0.2, 0.25) is 0 Å². The van der Waals surface area contributed by atoms with Gasteiger partial charge in [0, 0.05) is 36.3 Å². The second-order valence-electron chi connectivity index (χ2n) is 8.72. The highest BCUT2D eigenvalue weighted by molar-refractivity contribution is 5.94. The number of fused-ring (bicyclic) bond motifs is 1. The lowest BCUT2D eigenvalue weighted by Crippen LogP contribution is -2.47. The third kappa shape index (κ3) is 3.73. The molecule has 2 fully saturated rings. The van der Waals surface area contributed by atoms with E-state index < -0.39 is 0 Å². The highest BCUT2D eigenvalue weighted by Crippen LogP contribution is 2.30. The summed E-state index contributed by atoms with van der Waals surface area (Å²) in [5.41, 5.74) is 3.44. The first-order chi connectivity index (χ1) is 14.6. The molecule has 1 saturated carbocycles. The van der Waals surface area contributed by atoms with E-state index in [2.05, 4.69) is 5.32 Å². The first kappa shape index (κ1) is 19.3. The van der Waals surface area contributed by atoms with Crippen LogP contribution in [0, 0.1) is 11.7 Å². The molecule has 0 spiro atoms. The maximum Gasteiger partial charge on any atom is 0.274 e. The molecule has 0 bridgehead atoms. The minimum atomic E-state index is -0.285. The third-order valence-corrected chi connectivity index (χ3v) is 6.53. The molecule has 2 amide bonds. The number of halogens is 1. The summed E-state index contributed by atoms with van der Waals surface area (Å²) in [5.74, 6) is 0.0761. The number of nitrogens with one attached hydrogen (secondary N) is 1. The average molecular weight is 410 g/mol. The standard InChI is InChI=1S/C23H27FN4O2/c24-16-7-9-18(10-8-16)28-20-4-2-1-3-19(20)21(26-28)23(30)27-13-11-17(12-14-27)25-22(29)15-5-6-15/h7-10,15,17H,1-6,11-14H2,(H,25,29). The van der Waals surface area contributed by atoms with E-state index in [1.54, 1.807) is 12.1 Å². The Morgan fingerprint density at radius 1 is 1.00 bits per heavy atom. The summed E-state index contributed by atoms with van der Waals surface area (Å²) in [6, 6.07) is 6.43. The molecule has 0 unspecified atom stereocenters. The Morgan fingerprint density at radius 2 is 1.70 bits per heavy atom. The largest absolute Gasteiger partial charge is 0.353 e. The van der Waals surface area contributed by atoms with Crippen LogP contribution in [0.5, 0.6) is 0 Å². The van der Waals surface area contributed by atoms with Gasteiger partial charge in [-0.25, -0.2) is 9.07 Å². The van der Waals surface area contributed by atoms with Gasteiger partial charge in [-0.1, -0.05) is 0 Å². The van der Waals surface area contributed by atoms with Crippen LogP contribution in [0.25, 0.3) is 5.69 Å². The first-order valence-corrected chi connectivity index (χ1v) is 11.1. The molecule has 158 valence electrons. The number of piperidine rings is 1. The number of hydrogen-bond acceptors (Lipinski definition) is 3. The quantitative estimate of drug-likeness (QED) is 0.843. The zero-order valence-corrected chi connectivity index (χ0v) is 17.1. The molecule has 2 aliphatic carbocycles. The van der Waals surface area contributed by atoms with Gasteiger partial charge in [0.05, 0.1) is 5.69 Å². The van der Waals surface area contributed by atoms with Crippen molar-refractivity contribution in [2.24, 2.45) is 5.92 Å². The Bertz CT molecular complexity index is 956. The number of likely N-dealkylation sites (tertiary alicyclic amines) is 1. The van der Waals surface area contributed by atoms with Crippen LogP contribution >= 0.6 is 0 Å². The lowest BCUT2D eigenvalue weighted by Gasteiger charge is -2.32. The maximum atomic E-state index is 13.4. The van der Waals surface area contributed by atoms with Crippen molar-refractivity contribution in [3.05, 3.63) is 47.0 Å². The normalized spacial score (nSPS) is 19.4. The van der Waals surface area contributed by atoms with E-state index in [9.17, 15) is 14.0 Å². The van der Waals surface area contributed by atoms with Gasteiger partial charge in [-0.3, -0.25) is 9.59 Å². The van der Waals surface area contributed by atoms with Gasteiger partial charge < -0.3 is 10.2 Å². The molecule has 1 aliphatic heterocycles. The van der Waals surface area contributed by atoms with Gasteiger partial charge in [0.25, 0.3) is 5.91 Å². The fourth-order valence-electron chi connectivity index (χ4n) is 4.61. The molecule has 1 saturated heterocycles. The van der Waals surface area contributed by atoms with Gasteiger partial charge in [0.1, 0.15) is 5.82 Å². The van der Waals surface area contributed by atoms with E-state index in [4.69, 9.17) is 5.10 Å². The van der Waals surface area contributed by atoms with E-state index >= 15 is 0 Å². The van der Waals surface area contributed by atoms with Crippen molar-refractivity contribution in [2.75, 3.05) is 13.1 Å². The van der Waals surface area contributed by atoms with Crippen molar-refractivity contribution in [3.8, 4) is 5.69 Å². The van der Waals surface area contributed by atoms with Gasteiger partial charge >= 0.3 is 0 Å². The van der Waals surface area contributed by atoms with Crippen LogP contribution in [0.3, 0.4) is 0 Å². The third-order valence-electron chi connectivity index (χ3n) is 6.53. The van der Waals surface area contributed by atoms with Crippen molar-refractivity contribution in [3.63, 3.8) is 0 Å². The smallest absolute Gasteiger partial charge is 0.274 e. The molecule has 1 aromatic heterocycles. The predicted molar refractivity (Wildman–Crippen MR) is 110 cm³/mol. The fraction of sp³-hybridized carbons (Fsp3) is 0.522. The van der Waals surface area contributed by atoms with E-state index in [0.29, 0.717) is 18.8 Å². The molecule has 7 heteroatoms. The SMILES string of the molecule is O=C(NC1CCN(C(=O)c2nn(-c3ccc(F)cc3)c3c2CCCC3)CC1)C1CC1. The second-order valence-corrected chi connectivity index (χ2v) is 8.72. The van der Waals surface area contributed by atoms with E-state index in [0.717, 1.165) is 68.3 Å². The maximum absolute atomic E-state index is 13.4. The van der Waals surface area contributed by atoms with E-state index in [-0.39, 0.29) is 29.6 Å². The van der Waals surface area contributed by atoms with Crippen molar-refractivity contribution < 1.29 is 14.0 Å². The molecule has 6 nitrogen and oxygen atoms in total. The summed E-state index contributed by atoms with van der Waals surface area (Å²) in [6.07, 6.45) is 7.43. The number of carbonyl (C=O) groups excluding carboxylic acids is 2. The minimum absolute atomic E-state index is 0.0269. The Balaban J connectivity index is 1.33. The summed E-state index contributed by atoms with van der Waals surface area (Å²) in [5, 5.41) is 7.83. The topological polar surface area (TPSA) is 67.2 Å². The van der Waals surface area contributed by atoms with Gasteiger partial charge in [0.15, 0.2) is 5.69 Å². The summed E-state index contributed by atoms with van der Waals surface area (Å²) < 4.78 is 15.2. The molecule has 0 radical (unpaired) electrons. The van der Waals surface area contributed by atoms with Gasteiger partial charge in [-0.15, -0.1) is 0 Å². The van der Waals surface area contributed by atoms with Crippen molar-refractivity contribution in [1.82, 2.24) is 20.0 Å².